The van der Waals surface area contributed by atoms with Crippen LogP contribution in [0.1, 0.15) is 42.9 Å². The largest absolute Gasteiger partial charge is 0.466 e. The lowest BCUT2D eigenvalue weighted by atomic mass is 10.0. The molecule has 1 saturated heterocycles. The Hall–Kier alpha value is -1.78. The van der Waals surface area contributed by atoms with E-state index in [4.69, 9.17) is 4.42 Å². The lowest BCUT2D eigenvalue weighted by Gasteiger charge is -2.36. The van der Waals surface area contributed by atoms with Crippen molar-refractivity contribution >= 4 is 11.8 Å². The number of hydrogen-bond donors (Lipinski definition) is 1. The highest BCUT2D eigenvalue weighted by atomic mass is 16.3. The molecule has 20 heavy (non-hydrogen) atoms. The van der Waals surface area contributed by atoms with E-state index < -0.39 is 0 Å². The highest BCUT2D eigenvalue weighted by molar-refractivity contribution is 5.95. The number of amides is 2. The average Bonchev–Trinajstić information content (AvgIpc) is 3.16. The smallest absolute Gasteiger partial charge is 0.246 e. The van der Waals surface area contributed by atoms with Gasteiger partial charge in [-0.25, -0.2) is 0 Å². The van der Waals surface area contributed by atoms with Crippen LogP contribution in [0.4, 0.5) is 0 Å². The van der Waals surface area contributed by atoms with Gasteiger partial charge in [0.05, 0.1) is 6.04 Å². The van der Waals surface area contributed by atoms with E-state index in [0.29, 0.717) is 5.92 Å². The molecular formula is C15H20N2O3. The third-order valence-electron chi connectivity index (χ3n) is 4.27. The molecule has 1 saturated carbocycles. The van der Waals surface area contributed by atoms with Crippen molar-refractivity contribution in [1.29, 1.82) is 0 Å². The number of hydrogen-bond acceptors (Lipinski definition) is 3. The highest BCUT2D eigenvalue weighted by Crippen LogP contribution is 2.36. The van der Waals surface area contributed by atoms with Crippen LogP contribution in [0.25, 0.3) is 0 Å². The van der Waals surface area contributed by atoms with Crippen molar-refractivity contribution in [3.8, 4) is 0 Å². The van der Waals surface area contributed by atoms with E-state index in [-0.39, 0.29) is 30.4 Å². The van der Waals surface area contributed by atoms with Crippen molar-refractivity contribution in [2.75, 3.05) is 6.54 Å². The average molecular weight is 276 g/mol. The second-order valence-corrected chi connectivity index (χ2v) is 5.89. The van der Waals surface area contributed by atoms with Crippen molar-refractivity contribution < 1.29 is 14.0 Å². The van der Waals surface area contributed by atoms with Crippen molar-refractivity contribution in [2.45, 2.75) is 45.7 Å². The van der Waals surface area contributed by atoms with Gasteiger partial charge in [0.25, 0.3) is 0 Å². The number of carbonyl (C=O) groups excluding carboxylic acids is 2. The molecule has 1 aromatic heterocycles. The fourth-order valence-corrected chi connectivity index (χ4v) is 3.00. The number of nitrogens with one attached hydrogen (secondary N) is 1. The van der Waals surface area contributed by atoms with E-state index in [0.717, 1.165) is 29.9 Å². The monoisotopic (exact) mass is 276 g/mol. The molecule has 2 heterocycles. The quantitative estimate of drug-likeness (QED) is 0.914. The van der Waals surface area contributed by atoms with Gasteiger partial charge in [-0.3, -0.25) is 9.59 Å². The molecule has 5 nitrogen and oxygen atoms in total. The molecule has 1 aliphatic heterocycles. The summed E-state index contributed by atoms with van der Waals surface area (Å²) >= 11 is 0. The number of furan rings is 1. The molecule has 0 radical (unpaired) electrons. The third-order valence-corrected chi connectivity index (χ3v) is 4.27. The summed E-state index contributed by atoms with van der Waals surface area (Å²) in [5.41, 5.74) is 0.986. The van der Waals surface area contributed by atoms with Gasteiger partial charge < -0.3 is 14.6 Å². The first kappa shape index (κ1) is 13.2. The Morgan fingerprint density at radius 2 is 2.05 bits per heavy atom. The molecule has 2 atom stereocenters. The Morgan fingerprint density at radius 3 is 2.60 bits per heavy atom. The summed E-state index contributed by atoms with van der Waals surface area (Å²) in [5.74, 6) is 1.95. The fraction of sp³-hybridized carbons (Fsp3) is 0.600. The maximum atomic E-state index is 12.6. The topological polar surface area (TPSA) is 62.6 Å². The predicted octanol–water partition coefficient (Wildman–Crippen LogP) is 1.69. The van der Waals surface area contributed by atoms with Crippen LogP contribution in [0.3, 0.4) is 0 Å². The van der Waals surface area contributed by atoms with Crippen LogP contribution in [0.15, 0.2) is 10.5 Å². The molecule has 2 aliphatic rings. The second kappa shape index (κ2) is 4.65. The maximum Gasteiger partial charge on any atom is 0.246 e. The molecule has 1 aliphatic carbocycles. The van der Waals surface area contributed by atoms with Gasteiger partial charge in [0, 0.05) is 5.56 Å². The van der Waals surface area contributed by atoms with E-state index in [1.165, 1.54) is 0 Å². The van der Waals surface area contributed by atoms with Crippen LogP contribution in [-0.4, -0.2) is 29.3 Å². The minimum absolute atomic E-state index is 0.0397. The number of piperazine rings is 1. The summed E-state index contributed by atoms with van der Waals surface area (Å²) in [6, 6.07) is 1.49. The molecule has 0 spiro atoms. The van der Waals surface area contributed by atoms with Crippen molar-refractivity contribution in [1.82, 2.24) is 10.2 Å². The summed E-state index contributed by atoms with van der Waals surface area (Å²) < 4.78 is 5.54. The van der Waals surface area contributed by atoms with Gasteiger partial charge >= 0.3 is 0 Å². The molecule has 108 valence electrons. The zero-order valence-electron chi connectivity index (χ0n) is 12.1. The summed E-state index contributed by atoms with van der Waals surface area (Å²) in [6.45, 7) is 5.87. The van der Waals surface area contributed by atoms with Crippen LogP contribution in [-0.2, 0) is 9.59 Å². The number of rotatable bonds is 3. The molecule has 1 aromatic rings. The molecule has 3 rings (SSSR count). The highest BCUT2D eigenvalue weighted by Gasteiger charge is 2.44. The summed E-state index contributed by atoms with van der Waals surface area (Å²) in [7, 11) is 0. The van der Waals surface area contributed by atoms with Crippen LogP contribution in [0.2, 0.25) is 0 Å². The fourth-order valence-electron chi connectivity index (χ4n) is 3.00. The predicted molar refractivity (Wildman–Crippen MR) is 73.0 cm³/mol. The van der Waals surface area contributed by atoms with Crippen LogP contribution >= 0.6 is 0 Å². The molecule has 5 heteroatoms. The van der Waals surface area contributed by atoms with Crippen molar-refractivity contribution in [2.24, 2.45) is 5.92 Å². The number of nitrogens with zero attached hydrogens (tertiary/aromatic N) is 1. The van der Waals surface area contributed by atoms with Gasteiger partial charge in [-0.2, -0.15) is 0 Å². The van der Waals surface area contributed by atoms with Crippen molar-refractivity contribution in [3.63, 3.8) is 0 Å². The van der Waals surface area contributed by atoms with Gasteiger partial charge in [-0.15, -0.1) is 0 Å². The lowest BCUT2D eigenvalue weighted by molar-refractivity contribution is -0.147. The third kappa shape index (κ3) is 2.21. The Labute approximate surface area is 118 Å². The Bertz CT molecular complexity index is 559. The minimum Gasteiger partial charge on any atom is -0.466 e. The van der Waals surface area contributed by atoms with E-state index >= 15 is 0 Å². The van der Waals surface area contributed by atoms with Crippen molar-refractivity contribution in [3.05, 3.63) is 23.2 Å². The van der Waals surface area contributed by atoms with Gasteiger partial charge in [0.15, 0.2) is 0 Å². The molecule has 2 fully saturated rings. The minimum atomic E-state index is -0.327. The number of carbonyl (C=O) groups is 2. The van der Waals surface area contributed by atoms with Gasteiger partial charge in [-0.1, -0.05) is 0 Å². The number of aryl methyl sites for hydroxylation is 2. The molecular weight excluding hydrogens is 256 g/mol. The van der Waals surface area contributed by atoms with Gasteiger partial charge in [0.2, 0.25) is 11.8 Å². The first-order chi connectivity index (χ1) is 9.47. The SMILES string of the molecule is Cc1cc(C(C)N2CC(=O)NC(C3CC3)C2=O)c(C)o1. The van der Waals surface area contributed by atoms with E-state index in [1.54, 1.807) is 4.90 Å². The van der Waals surface area contributed by atoms with Crippen LogP contribution in [0.5, 0.6) is 0 Å². The summed E-state index contributed by atoms with van der Waals surface area (Å²) in [5, 5.41) is 2.83. The van der Waals surface area contributed by atoms with Gasteiger partial charge in [-0.05, 0) is 45.6 Å². The Morgan fingerprint density at radius 1 is 1.35 bits per heavy atom. The molecule has 1 N–H and O–H groups in total. The normalized spacial score (nSPS) is 24.8. The maximum absolute atomic E-state index is 12.6. The molecule has 2 unspecified atom stereocenters. The zero-order valence-corrected chi connectivity index (χ0v) is 12.1. The van der Waals surface area contributed by atoms with Gasteiger partial charge in [0.1, 0.15) is 24.1 Å². The van der Waals surface area contributed by atoms with Crippen LogP contribution in [0, 0.1) is 19.8 Å². The standard InChI is InChI=1S/C15H20N2O3/c1-8-6-12(10(3)20-8)9(2)17-7-13(18)16-14(15(17)19)11-4-5-11/h6,9,11,14H,4-5,7H2,1-3H3,(H,16,18). The summed E-state index contributed by atoms with van der Waals surface area (Å²) in [4.78, 5) is 26.1. The van der Waals surface area contributed by atoms with E-state index in [1.807, 2.05) is 26.8 Å². The molecule has 2 amide bonds. The second-order valence-electron chi connectivity index (χ2n) is 5.89. The van der Waals surface area contributed by atoms with E-state index in [9.17, 15) is 9.59 Å². The van der Waals surface area contributed by atoms with E-state index in [2.05, 4.69) is 5.32 Å². The Balaban J connectivity index is 1.85. The summed E-state index contributed by atoms with van der Waals surface area (Å²) in [6.07, 6.45) is 2.06. The molecule has 0 bridgehead atoms. The zero-order chi connectivity index (χ0) is 14.4. The first-order valence-electron chi connectivity index (χ1n) is 7.14. The first-order valence-corrected chi connectivity index (χ1v) is 7.14. The Kier molecular flexibility index (Phi) is 3.07. The van der Waals surface area contributed by atoms with Crippen LogP contribution < -0.4 is 5.32 Å². The molecule has 0 aromatic carbocycles. The lowest BCUT2D eigenvalue weighted by Crippen LogP contribution is -2.59.